The molecule has 0 saturated carbocycles. The Kier molecular flexibility index (Phi) is 39.8. The van der Waals surface area contributed by atoms with E-state index in [2.05, 4.69) is 88.7 Å². The van der Waals surface area contributed by atoms with E-state index in [0.717, 1.165) is 6.92 Å². The van der Waals surface area contributed by atoms with Crippen LogP contribution in [0.15, 0.2) is 53.5 Å². The number of rotatable bonds is 48. The van der Waals surface area contributed by atoms with Crippen LogP contribution < -0.4 is 110 Å². The third kappa shape index (κ3) is 32.2. The van der Waals surface area contributed by atoms with Crippen LogP contribution in [0.3, 0.4) is 0 Å². The van der Waals surface area contributed by atoms with Crippen molar-refractivity contribution >= 4 is 108 Å². The summed E-state index contributed by atoms with van der Waals surface area (Å²) in [6.07, 6.45) is -3.59. The SMILES string of the molecule is C[C@@H](O)[C@H](NC(=O)[C@H](CCN)NC(=O)[C@H](CCCN=C(N)N)NC(=O)[C@H](CC(N)=O)NC(=O)[C@@H](NC(=O)[C@@H](N)Cc1ccc(O)cc1)C(C)(C)S)C(=O)N[C@H](CCN)C(=O)N[C@@H](CCCCN)C(=O)N[C@@H](CS)C(=O)N[C@@H](CCN)C(=O)N[C@@H](CCN)C(=O)N[C@@H](Cc1ccc(O)cc1)C(=O)O. The first-order chi connectivity index (χ1) is 48.0. The molecule has 0 saturated heterocycles. The zero-order valence-corrected chi connectivity index (χ0v) is 59.0. The second kappa shape index (κ2) is 45.7. The number of aliphatic carboxylic acids is 1. The topological polar surface area (TPSA) is 682 Å². The Morgan fingerprint density at radius 1 is 0.451 bits per heavy atom. The van der Waals surface area contributed by atoms with Crippen molar-refractivity contribution < 1.29 is 82.8 Å². The Hall–Kier alpha value is -9.16. The molecule has 38 nitrogen and oxygen atoms in total. The highest BCUT2D eigenvalue weighted by atomic mass is 32.1. The Balaban J connectivity index is 2.36. The molecule has 0 aliphatic rings. The highest BCUT2D eigenvalue weighted by molar-refractivity contribution is 7.81. The number of nitrogens with zero attached hydrogens (tertiary/aromatic N) is 1. The van der Waals surface area contributed by atoms with E-state index in [0.29, 0.717) is 17.5 Å². The monoisotopic (exact) mass is 1480 g/mol. The Labute approximate surface area is 600 Å². The minimum absolute atomic E-state index is 0.00897. The fourth-order valence-corrected chi connectivity index (χ4v) is 10.3. The molecular formula is C62H103N21O17S2. The molecule has 0 unspecified atom stereocenters. The number of guanidine groups is 1. The van der Waals surface area contributed by atoms with Crippen LogP contribution in [0.4, 0.5) is 0 Å². The summed E-state index contributed by atoms with van der Waals surface area (Å²) < 4.78 is -1.35. The molecular weight excluding hydrogens is 1370 g/mol. The molecule has 0 spiro atoms. The number of aromatic hydroxyl groups is 2. The lowest BCUT2D eigenvalue weighted by atomic mass is 9.99. The number of primary amides is 1. The molecule has 102 heavy (non-hydrogen) atoms. The van der Waals surface area contributed by atoms with Crippen LogP contribution in [0.1, 0.15) is 96.1 Å². The standard InChI is InChI=1S/C62H103N21O17S2/c1-31(84)47(82-55(94)42(20-25-67)76-50(89)38(8-6-26-72-61(70)71)74-56(95)43(29-46(69)87)79-59(98)48(62(2,3)102)83-49(88)36(68)27-32-9-13-34(85)14-10-32)58(97)78-41(19-24-66)53(92)73-37(7-4-5-21-63)51(90)81-45(30-101)57(96)77-39(17-22-64)52(91)75-40(18-23-65)54(93)80-44(60(99)100)28-33-11-15-35(86)16-12-33/h9-16,31,36-45,47-48,84-86,101-102H,4-8,17-30,63-68H2,1-3H3,(H2,69,87)(H,73,92)(H,74,95)(H,75,91)(H,76,89)(H,77,96)(H,78,97)(H,79,98)(H,80,93)(H,81,90)(H,82,94)(H,83,88)(H,99,100)(H4,70,71,72)/t31-,36+,37+,38+,39+,40+,41-,42+,43+,44+,45+,47+,48-/m1/s1. The summed E-state index contributed by atoms with van der Waals surface area (Å²) in [5.41, 5.74) is 52.7. The van der Waals surface area contributed by atoms with Gasteiger partial charge in [0.15, 0.2) is 5.96 Å². The number of unbranched alkanes of at least 4 members (excludes halogenated alkanes) is 1. The van der Waals surface area contributed by atoms with Gasteiger partial charge in [-0.2, -0.15) is 25.3 Å². The molecule has 0 fully saturated rings. The van der Waals surface area contributed by atoms with Gasteiger partial charge in [0.25, 0.3) is 0 Å². The summed E-state index contributed by atoms with van der Waals surface area (Å²) in [4.78, 5) is 182. The van der Waals surface area contributed by atoms with E-state index in [1.54, 1.807) is 0 Å². The minimum atomic E-state index is -1.89. The van der Waals surface area contributed by atoms with Gasteiger partial charge in [0.05, 0.1) is 18.6 Å². The molecule has 570 valence electrons. The molecule has 0 bridgehead atoms. The quantitative estimate of drug-likeness (QED) is 0.0127. The minimum Gasteiger partial charge on any atom is -0.508 e. The first-order valence-corrected chi connectivity index (χ1v) is 33.9. The molecule has 2 rings (SSSR count). The number of nitrogens with one attached hydrogen (secondary N) is 11. The number of phenolic OH excluding ortho intramolecular Hbond substituents is 2. The smallest absolute Gasteiger partial charge is 0.326 e. The maximum absolute atomic E-state index is 14.3. The largest absolute Gasteiger partial charge is 0.508 e. The van der Waals surface area contributed by atoms with Crippen LogP contribution in [0.25, 0.3) is 0 Å². The van der Waals surface area contributed by atoms with Gasteiger partial charge >= 0.3 is 5.97 Å². The summed E-state index contributed by atoms with van der Waals surface area (Å²) in [6.45, 7) is 3.24. The zero-order valence-electron chi connectivity index (χ0n) is 57.2. The van der Waals surface area contributed by atoms with Crippen molar-refractivity contribution in [3.8, 4) is 11.5 Å². The highest BCUT2D eigenvalue weighted by Gasteiger charge is 2.40. The molecule has 13 atom stereocenters. The number of thiol groups is 2. The number of aliphatic hydroxyl groups is 1. The number of hydrogen-bond donors (Lipinski definition) is 26. The molecule has 2 aromatic rings. The van der Waals surface area contributed by atoms with Crippen molar-refractivity contribution in [1.29, 1.82) is 0 Å². The van der Waals surface area contributed by atoms with E-state index in [-0.39, 0.29) is 127 Å². The van der Waals surface area contributed by atoms with Crippen molar-refractivity contribution in [3.63, 3.8) is 0 Å². The second-order valence-electron chi connectivity index (χ2n) is 24.5. The third-order valence-electron chi connectivity index (χ3n) is 15.4. The maximum atomic E-state index is 14.3. The Morgan fingerprint density at radius 3 is 1.18 bits per heavy atom. The van der Waals surface area contributed by atoms with Gasteiger partial charge in [-0.1, -0.05) is 24.3 Å². The number of carbonyl (C=O) groups excluding carboxylic acids is 12. The Morgan fingerprint density at radius 2 is 0.804 bits per heavy atom. The zero-order chi connectivity index (χ0) is 77.0. The van der Waals surface area contributed by atoms with E-state index >= 15 is 0 Å². The normalized spacial score (nSPS) is 15.1. The van der Waals surface area contributed by atoms with Crippen LogP contribution in [0.2, 0.25) is 0 Å². The van der Waals surface area contributed by atoms with Crippen molar-refractivity contribution in [2.75, 3.05) is 45.0 Å². The van der Waals surface area contributed by atoms with E-state index < -0.39 is 167 Å². The highest BCUT2D eigenvalue weighted by Crippen LogP contribution is 2.20. The molecule has 33 N–H and O–H groups in total. The second-order valence-corrected chi connectivity index (χ2v) is 26.0. The average molecular weight is 1480 g/mol. The predicted octanol–water partition coefficient (Wildman–Crippen LogP) is -8.90. The summed E-state index contributed by atoms with van der Waals surface area (Å²) in [5.74, 6) is -14.4. The third-order valence-corrected chi connectivity index (χ3v) is 16.0. The van der Waals surface area contributed by atoms with Crippen molar-refractivity contribution in [2.24, 2.45) is 56.6 Å². The van der Waals surface area contributed by atoms with Crippen molar-refractivity contribution in [3.05, 3.63) is 59.7 Å². The number of amides is 12. The summed E-state index contributed by atoms with van der Waals surface area (Å²) in [7, 11) is 0. The summed E-state index contributed by atoms with van der Waals surface area (Å²) in [6, 6.07) is -7.08. The van der Waals surface area contributed by atoms with Crippen LogP contribution in [-0.2, 0) is 75.2 Å². The van der Waals surface area contributed by atoms with Crippen LogP contribution in [0.5, 0.6) is 11.5 Å². The number of carboxylic acids is 1. The lowest BCUT2D eigenvalue weighted by Crippen LogP contribution is -2.63. The maximum Gasteiger partial charge on any atom is 0.326 e. The number of nitrogens with two attached hydrogens (primary N) is 9. The van der Waals surface area contributed by atoms with Gasteiger partial charge in [0.2, 0.25) is 70.9 Å². The summed E-state index contributed by atoms with van der Waals surface area (Å²) in [5, 5.41) is 67.0. The predicted molar refractivity (Wildman–Crippen MR) is 380 cm³/mol. The fourth-order valence-electron chi connectivity index (χ4n) is 9.82. The van der Waals surface area contributed by atoms with Gasteiger partial charge in [-0.25, -0.2) is 4.79 Å². The van der Waals surface area contributed by atoms with Crippen LogP contribution in [0, 0.1) is 0 Å². The summed E-state index contributed by atoms with van der Waals surface area (Å²) >= 11 is 8.72. The Bertz CT molecular complexity index is 3150. The molecule has 2 aromatic carbocycles. The molecule has 0 aliphatic heterocycles. The van der Waals surface area contributed by atoms with Gasteiger partial charge in [-0.15, -0.1) is 0 Å². The first kappa shape index (κ1) is 88.9. The molecule has 0 heterocycles. The fraction of sp³-hybridized carbons (Fsp3) is 0.581. The number of benzene rings is 2. The van der Waals surface area contributed by atoms with Crippen LogP contribution >= 0.6 is 25.3 Å². The molecule has 12 amide bonds. The van der Waals surface area contributed by atoms with E-state index in [4.69, 9.17) is 51.6 Å². The average Bonchev–Trinajstić information content (AvgIpc) is 0.832. The lowest BCUT2D eigenvalue weighted by Gasteiger charge is -2.32. The molecule has 0 aliphatic carbocycles. The van der Waals surface area contributed by atoms with E-state index in [9.17, 15) is 82.8 Å². The number of carbonyl (C=O) groups is 13. The van der Waals surface area contributed by atoms with E-state index in [1.165, 1.54) is 62.4 Å². The van der Waals surface area contributed by atoms with Gasteiger partial charge in [0.1, 0.15) is 78.0 Å². The van der Waals surface area contributed by atoms with Crippen molar-refractivity contribution in [1.82, 2.24) is 58.5 Å². The van der Waals surface area contributed by atoms with Crippen LogP contribution in [-0.4, -0.2) is 232 Å². The molecule has 40 heteroatoms. The first-order valence-electron chi connectivity index (χ1n) is 32.8. The van der Waals surface area contributed by atoms with Crippen molar-refractivity contribution in [2.45, 2.75) is 181 Å². The molecule has 0 radical (unpaired) electrons. The van der Waals surface area contributed by atoms with Gasteiger partial charge in [-0.05, 0) is 153 Å². The van der Waals surface area contributed by atoms with Gasteiger partial charge in [-0.3, -0.25) is 62.5 Å². The van der Waals surface area contributed by atoms with E-state index in [1.807, 2.05) is 0 Å². The van der Waals surface area contributed by atoms with Gasteiger partial charge < -0.3 is 131 Å². The number of aliphatic imine (C=N–C) groups is 1. The van der Waals surface area contributed by atoms with Gasteiger partial charge in [0, 0.05) is 23.5 Å². The number of aliphatic hydroxyl groups excluding tert-OH is 1. The number of hydrogen-bond acceptors (Lipinski definition) is 25. The lowest BCUT2D eigenvalue weighted by molar-refractivity contribution is -0.142. The molecule has 0 aromatic heterocycles. The number of phenols is 2. The number of carboxylic acid groups (broad SMARTS) is 1.